The third-order valence-corrected chi connectivity index (χ3v) is 3.60. The summed E-state index contributed by atoms with van der Waals surface area (Å²) in [5, 5.41) is 8.32. The zero-order valence-corrected chi connectivity index (χ0v) is 12.0. The van der Waals surface area contributed by atoms with E-state index in [-0.39, 0.29) is 12.2 Å². The molecule has 0 spiro atoms. The number of benzene rings is 1. The third kappa shape index (κ3) is 6.06. The zero-order valence-electron chi connectivity index (χ0n) is 10.3. The molecule has 0 N–H and O–H groups in total. The Hall–Kier alpha value is -1.56. The van der Waals surface area contributed by atoms with E-state index in [2.05, 4.69) is 10.3 Å². The summed E-state index contributed by atoms with van der Waals surface area (Å²) in [5.74, 6) is -0.627. The van der Waals surface area contributed by atoms with E-state index in [1.807, 2.05) is 0 Å². The van der Waals surface area contributed by atoms with Crippen LogP contribution < -0.4 is 0 Å². The quantitative estimate of drug-likeness (QED) is 0.409. The first-order valence-electron chi connectivity index (χ1n) is 5.20. The van der Waals surface area contributed by atoms with Gasteiger partial charge in [0.1, 0.15) is 10.1 Å². The minimum atomic E-state index is -4.58. The molecular weight excluding hydrogens is 310 g/mol. The van der Waals surface area contributed by atoms with Gasteiger partial charge in [0.05, 0.1) is 33.0 Å². The highest BCUT2D eigenvalue weighted by molar-refractivity contribution is 7.86. The average Bonchev–Trinajstić information content (AvgIpc) is 2.32. The molecule has 0 aliphatic carbocycles. The summed E-state index contributed by atoms with van der Waals surface area (Å²) < 4.78 is 63.6. The Bertz CT molecular complexity index is 698. The van der Waals surface area contributed by atoms with Crippen LogP contribution in [-0.2, 0) is 20.2 Å². The molecule has 0 aliphatic rings. The van der Waals surface area contributed by atoms with Crippen LogP contribution in [0.4, 0.5) is 5.69 Å². The van der Waals surface area contributed by atoms with Crippen molar-refractivity contribution >= 4 is 25.9 Å². The van der Waals surface area contributed by atoms with Crippen molar-refractivity contribution in [2.45, 2.75) is 4.90 Å². The Morgan fingerprint density at radius 3 is 2.40 bits per heavy atom. The van der Waals surface area contributed by atoms with E-state index in [0.29, 0.717) is 0 Å². The molecule has 0 saturated heterocycles. The Labute approximate surface area is 116 Å². The molecule has 0 saturated carbocycles. The van der Waals surface area contributed by atoms with Crippen LogP contribution in [0.1, 0.15) is 0 Å². The average molecular weight is 321 g/mol. The van der Waals surface area contributed by atoms with E-state index >= 15 is 0 Å². The predicted octanol–water partition coefficient (Wildman–Crippen LogP) is 0.0664. The highest BCUT2D eigenvalue weighted by Crippen LogP contribution is 2.18. The van der Waals surface area contributed by atoms with Gasteiger partial charge in [0.2, 0.25) is 0 Å². The van der Waals surface area contributed by atoms with Gasteiger partial charge in [0, 0.05) is 7.05 Å². The second-order valence-corrected chi connectivity index (χ2v) is 6.69. The maximum Gasteiger partial charge on any atom is 0.124 e. The van der Waals surface area contributed by atoms with Crippen molar-refractivity contribution in [3.8, 4) is 0 Å². The summed E-state index contributed by atoms with van der Waals surface area (Å²) in [5.41, 5.74) is 0.110. The summed E-state index contributed by atoms with van der Waals surface area (Å²) in [6.07, 6.45) is 0. The van der Waals surface area contributed by atoms with E-state index in [0.717, 1.165) is 17.1 Å². The molecule has 0 unspecified atom stereocenters. The number of nitrogens with zero attached hydrogens (tertiary/aromatic N) is 3. The predicted molar refractivity (Wildman–Crippen MR) is 66.1 cm³/mol. The largest absolute Gasteiger partial charge is 0.748 e. The SMILES string of the molecule is CN(CCS(=O)(=O)[O-])N=Nc1cccc(S(=O)(=O)[O-])c1. The lowest BCUT2D eigenvalue weighted by Crippen LogP contribution is -2.20. The van der Waals surface area contributed by atoms with Gasteiger partial charge in [0.15, 0.2) is 0 Å². The van der Waals surface area contributed by atoms with Gasteiger partial charge in [-0.3, -0.25) is 5.01 Å². The fraction of sp³-hybridized carbons (Fsp3) is 0.333. The smallest absolute Gasteiger partial charge is 0.124 e. The minimum absolute atomic E-state index is 0.110. The topological polar surface area (TPSA) is 142 Å². The summed E-state index contributed by atoms with van der Waals surface area (Å²) in [6.45, 7) is -0.158. The molecule has 9 nitrogen and oxygen atoms in total. The van der Waals surface area contributed by atoms with Gasteiger partial charge in [0.25, 0.3) is 0 Å². The zero-order chi connectivity index (χ0) is 15.4. The molecule has 112 valence electrons. The molecule has 1 aromatic carbocycles. The second kappa shape index (κ2) is 6.26. The monoisotopic (exact) mass is 321 g/mol. The van der Waals surface area contributed by atoms with Gasteiger partial charge in [-0.15, -0.1) is 5.11 Å². The summed E-state index contributed by atoms with van der Waals surface area (Å²) >= 11 is 0. The van der Waals surface area contributed by atoms with Crippen LogP contribution in [0.25, 0.3) is 0 Å². The maximum atomic E-state index is 10.8. The van der Waals surface area contributed by atoms with Gasteiger partial charge < -0.3 is 9.11 Å². The minimum Gasteiger partial charge on any atom is -0.748 e. The molecule has 11 heteroatoms. The van der Waals surface area contributed by atoms with Crippen LogP contribution in [0.5, 0.6) is 0 Å². The lowest BCUT2D eigenvalue weighted by atomic mass is 10.3. The molecule has 0 aromatic heterocycles. The summed E-state index contributed by atoms with van der Waals surface area (Å²) in [6, 6.07) is 4.89. The highest BCUT2D eigenvalue weighted by Gasteiger charge is 2.02. The molecule has 1 rings (SSSR count). The van der Waals surface area contributed by atoms with E-state index in [9.17, 15) is 25.9 Å². The molecule has 0 radical (unpaired) electrons. The second-order valence-electron chi connectivity index (χ2n) is 3.78. The Morgan fingerprint density at radius 1 is 1.20 bits per heavy atom. The molecule has 0 fully saturated rings. The van der Waals surface area contributed by atoms with Gasteiger partial charge in [-0.2, -0.15) is 0 Å². The van der Waals surface area contributed by atoms with Crippen molar-refractivity contribution < 1.29 is 25.9 Å². The first-order chi connectivity index (χ1) is 9.08. The van der Waals surface area contributed by atoms with Crippen molar-refractivity contribution in [2.24, 2.45) is 10.3 Å². The molecule has 0 bridgehead atoms. The Morgan fingerprint density at radius 2 is 1.85 bits per heavy atom. The Balaban J connectivity index is 2.76. The fourth-order valence-corrected chi connectivity index (χ4v) is 2.12. The van der Waals surface area contributed by atoms with Crippen LogP contribution in [0, 0.1) is 0 Å². The lowest BCUT2D eigenvalue weighted by molar-refractivity contribution is 0.345. The maximum absolute atomic E-state index is 10.8. The molecule has 0 heterocycles. The molecular formula is C9H11N3O6S2-2. The van der Waals surface area contributed by atoms with Crippen molar-refractivity contribution in [3.05, 3.63) is 24.3 Å². The van der Waals surface area contributed by atoms with E-state index < -0.39 is 30.9 Å². The van der Waals surface area contributed by atoms with Crippen molar-refractivity contribution in [1.29, 1.82) is 0 Å². The van der Waals surface area contributed by atoms with E-state index in [4.69, 9.17) is 0 Å². The molecule has 0 aliphatic heterocycles. The summed E-state index contributed by atoms with van der Waals surface area (Å²) in [7, 11) is -7.53. The van der Waals surface area contributed by atoms with Crippen LogP contribution in [0.3, 0.4) is 0 Å². The first kappa shape index (κ1) is 16.5. The molecule has 0 atom stereocenters. The molecule has 20 heavy (non-hydrogen) atoms. The third-order valence-electron chi connectivity index (χ3n) is 2.08. The van der Waals surface area contributed by atoms with Crippen LogP contribution >= 0.6 is 0 Å². The first-order valence-corrected chi connectivity index (χ1v) is 8.19. The number of hydrogen-bond donors (Lipinski definition) is 0. The van der Waals surface area contributed by atoms with Crippen LogP contribution in [-0.4, -0.2) is 50.3 Å². The standard InChI is InChI=1S/C9H13N3O6S2/c1-12(5-6-19(13,14)15)11-10-8-3-2-4-9(7-8)20(16,17)18/h2-4,7H,5-6H2,1H3,(H,13,14,15)(H,16,17,18)/p-2. The van der Waals surface area contributed by atoms with Gasteiger partial charge in [-0.05, 0) is 18.2 Å². The lowest BCUT2D eigenvalue weighted by Gasteiger charge is -2.13. The number of rotatable bonds is 6. The van der Waals surface area contributed by atoms with Crippen LogP contribution in [0.2, 0.25) is 0 Å². The van der Waals surface area contributed by atoms with Crippen LogP contribution in [0.15, 0.2) is 39.5 Å². The van der Waals surface area contributed by atoms with Crippen molar-refractivity contribution in [1.82, 2.24) is 5.01 Å². The van der Waals surface area contributed by atoms with Crippen molar-refractivity contribution in [3.63, 3.8) is 0 Å². The van der Waals surface area contributed by atoms with E-state index in [1.54, 1.807) is 0 Å². The van der Waals surface area contributed by atoms with Crippen molar-refractivity contribution in [2.75, 3.05) is 19.3 Å². The van der Waals surface area contributed by atoms with E-state index in [1.165, 1.54) is 19.2 Å². The normalized spacial score (nSPS) is 12.8. The Kier molecular flexibility index (Phi) is 5.16. The van der Waals surface area contributed by atoms with Gasteiger partial charge >= 0.3 is 0 Å². The molecule has 1 aromatic rings. The van der Waals surface area contributed by atoms with Gasteiger partial charge in [-0.1, -0.05) is 11.3 Å². The molecule has 0 amide bonds. The summed E-state index contributed by atoms with van der Waals surface area (Å²) in [4.78, 5) is -0.446. The highest BCUT2D eigenvalue weighted by atomic mass is 32.2. The van der Waals surface area contributed by atoms with Gasteiger partial charge in [-0.25, -0.2) is 16.8 Å². The number of hydrogen-bond acceptors (Lipinski definition) is 8. The fourth-order valence-electron chi connectivity index (χ4n) is 1.12.